The second kappa shape index (κ2) is 16.0. The van der Waals surface area contributed by atoms with Crippen molar-refractivity contribution in [3.8, 4) is 0 Å². The number of likely N-dealkylation sites (N-methyl/N-ethyl adjacent to an activating group) is 1. The zero-order valence-corrected chi connectivity index (χ0v) is 24.9. The van der Waals surface area contributed by atoms with E-state index in [-0.39, 0.29) is 25.1 Å². The number of hydrogen-bond donors (Lipinski definition) is 3. The van der Waals surface area contributed by atoms with E-state index in [2.05, 4.69) is 13.8 Å². The van der Waals surface area contributed by atoms with Gasteiger partial charge in [0.1, 0.15) is 0 Å². The molecule has 11 heteroatoms. The maximum atomic E-state index is 14.0. The molecule has 2 aromatic rings. The van der Waals surface area contributed by atoms with Gasteiger partial charge in [0.15, 0.2) is 0 Å². The summed E-state index contributed by atoms with van der Waals surface area (Å²) in [4.78, 5) is 27.9. The van der Waals surface area contributed by atoms with Gasteiger partial charge in [-0.1, -0.05) is 40.7 Å². The van der Waals surface area contributed by atoms with Crippen LogP contribution >= 0.6 is 0 Å². The smallest absolute Gasteiger partial charge is 0.300 e. The monoisotopic (exact) mass is 564 g/mol. The summed E-state index contributed by atoms with van der Waals surface area (Å²) in [6.07, 6.45) is 3.61. The standard InChI is InChI=1S/C25H36F2N6O.C2H4O2.C2H6/c1-5-19-21(32-12-6-11-25(26,27)16-32)9-8-20(30-19)24(28)22(31(4)29)15-33-14-18(13-17(2)3)7-10-23(33)34;1-2(3)4;1-2/h7-10,14,17H,5-6,11-13,15-16,28-29H2,1-4H3;1H3,(H,3,4);1-2H3/b24-22-;;. The summed E-state index contributed by atoms with van der Waals surface area (Å²) in [7, 11) is 1.66. The quantitative estimate of drug-likeness (QED) is 0.316. The number of hydrazine groups is 1. The Balaban J connectivity index is 0.00000122. The van der Waals surface area contributed by atoms with E-state index in [0.29, 0.717) is 53.8 Å². The molecule has 3 heterocycles. The molecule has 0 aliphatic carbocycles. The van der Waals surface area contributed by atoms with Crippen molar-refractivity contribution in [3.05, 3.63) is 63.5 Å². The average Bonchev–Trinajstić information content (AvgIpc) is 2.88. The fourth-order valence-corrected chi connectivity index (χ4v) is 4.36. The van der Waals surface area contributed by atoms with Crippen molar-refractivity contribution >= 4 is 17.4 Å². The molecule has 0 spiro atoms. The Labute approximate surface area is 236 Å². The Kier molecular flexibility index (Phi) is 13.8. The van der Waals surface area contributed by atoms with Crippen molar-refractivity contribution in [3.63, 3.8) is 0 Å². The van der Waals surface area contributed by atoms with Crippen LogP contribution in [-0.4, -0.2) is 51.7 Å². The van der Waals surface area contributed by atoms with Crippen LogP contribution in [0, 0.1) is 5.92 Å². The van der Waals surface area contributed by atoms with Crippen LogP contribution in [0.3, 0.4) is 0 Å². The summed E-state index contributed by atoms with van der Waals surface area (Å²) < 4.78 is 29.5. The summed E-state index contributed by atoms with van der Waals surface area (Å²) in [5.74, 6) is 3.02. The van der Waals surface area contributed by atoms with Gasteiger partial charge in [0.25, 0.3) is 17.5 Å². The number of aliphatic carboxylic acids is 1. The maximum Gasteiger partial charge on any atom is 0.300 e. The summed E-state index contributed by atoms with van der Waals surface area (Å²) >= 11 is 0. The SMILES string of the molecule is CC.CC(=O)O.CCc1nc(/C(N)=C(\Cn2cc(CC(C)C)ccc2=O)N(C)N)ccc1N1CCCC(F)(F)C1. The second-order valence-electron chi connectivity index (χ2n) is 9.99. The highest BCUT2D eigenvalue weighted by Gasteiger charge is 2.36. The first-order valence-corrected chi connectivity index (χ1v) is 13.7. The topological polar surface area (TPSA) is 131 Å². The highest BCUT2D eigenvalue weighted by molar-refractivity contribution is 5.65. The molecule has 224 valence electrons. The maximum absolute atomic E-state index is 14.0. The van der Waals surface area contributed by atoms with E-state index in [0.717, 1.165) is 18.9 Å². The van der Waals surface area contributed by atoms with Crippen molar-refractivity contribution < 1.29 is 18.7 Å². The molecule has 0 unspecified atom stereocenters. The number of halogens is 2. The van der Waals surface area contributed by atoms with E-state index >= 15 is 0 Å². The minimum atomic E-state index is -2.70. The lowest BCUT2D eigenvalue weighted by molar-refractivity contribution is -0.134. The van der Waals surface area contributed by atoms with Crippen LogP contribution in [0.2, 0.25) is 0 Å². The lowest BCUT2D eigenvalue weighted by Crippen LogP contribution is -2.43. The van der Waals surface area contributed by atoms with E-state index in [9.17, 15) is 13.6 Å². The van der Waals surface area contributed by atoms with E-state index in [1.165, 1.54) is 5.01 Å². The molecule has 1 aliphatic heterocycles. The fourth-order valence-electron chi connectivity index (χ4n) is 4.36. The van der Waals surface area contributed by atoms with Crippen LogP contribution in [0.15, 0.2) is 41.0 Å². The molecule has 5 N–H and O–H groups in total. The third-order valence-electron chi connectivity index (χ3n) is 6.04. The average molecular weight is 565 g/mol. The molecule has 3 rings (SSSR count). The van der Waals surface area contributed by atoms with Gasteiger partial charge in [0.05, 0.1) is 41.6 Å². The van der Waals surface area contributed by atoms with Gasteiger partial charge < -0.3 is 25.3 Å². The lowest BCUT2D eigenvalue weighted by atomic mass is 10.0. The molecule has 40 heavy (non-hydrogen) atoms. The van der Waals surface area contributed by atoms with Crippen molar-refractivity contribution in [2.75, 3.05) is 25.0 Å². The van der Waals surface area contributed by atoms with E-state index in [1.54, 1.807) is 34.7 Å². The number of alkyl halides is 2. The van der Waals surface area contributed by atoms with Crippen LogP contribution < -0.4 is 22.0 Å². The molecule has 0 amide bonds. The molecule has 1 fully saturated rings. The lowest BCUT2D eigenvalue weighted by Gasteiger charge is -2.35. The number of carboxylic acids is 1. The Morgan fingerprint density at radius 3 is 2.38 bits per heavy atom. The summed E-state index contributed by atoms with van der Waals surface area (Å²) in [5, 5.41) is 8.81. The molecular weight excluding hydrogens is 518 g/mol. The zero-order valence-electron chi connectivity index (χ0n) is 24.9. The number of nitrogens with zero attached hydrogens (tertiary/aromatic N) is 4. The normalized spacial score (nSPS) is 14.8. The number of piperidine rings is 1. The van der Waals surface area contributed by atoms with Crippen LogP contribution in [0.4, 0.5) is 14.5 Å². The number of nitrogens with two attached hydrogens (primary N) is 2. The van der Waals surface area contributed by atoms with Crippen LogP contribution in [0.5, 0.6) is 0 Å². The summed E-state index contributed by atoms with van der Waals surface area (Å²) in [6.45, 7) is 11.7. The summed E-state index contributed by atoms with van der Waals surface area (Å²) in [5.41, 5.74) is 10.2. The van der Waals surface area contributed by atoms with Gasteiger partial charge in [-0.15, -0.1) is 0 Å². The third-order valence-corrected chi connectivity index (χ3v) is 6.04. The van der Waals surface area contributed by atoms with Gasteiger partial charge in [-0.3, -0.25) is 9.59 Å². The van der Waals surface area contributed by atoms with E-state index in [4.69, 9.17) is 26.5 Å². The number of aromatic nitrogens is 2. The first kappa shape index (κ1) is 34.6. The van der Waals surface area contributed by atoms with Crippen molar-refractivity contribution in [1.29, 1.82) is 0 Å². The molecule has 0 saturated carbocycles. The van der Waals surface area contributed by atoms with Gasteiger partial charge >= 0.3 is 0 Å². The first-order chi connectivity index (χ1) is 18.7. The molecule has 2 aromatic heterocycles. The van der Waals surface area contributed by atoms with E-state index < -0.39 is 11.9 Å². The second-order valence-corrected chi connectivity index (χ2v) is 9.99. The molecule has 0 atom stereocenters. The fraction of sp³-hybridized carbons (Fsp3) is 0.552. The largest absolute Gasteiger partial charge is 0.481 e. The predicted octanol–water partition coefficient (Wildman–Crippen LogP) is 4.49. The zero-order chi connectivity index (χ0) is 30.6. The van der Waals surface area contributed by atoms with Crippen molar-refractivity contribution in [2.45, 2.75) is 79.7 Å². The molecule has 0 aromatic carbocycles. The number of carbonyl (C=O) groups is 1. The Morgan fingerprint density at radius 2 is 1.85 bits per heavy atom. The number of aryl methyl sites for hydroxylation is 1. The van der Waals surface area contributed by atoms with Gasteiger partial charge in [-0.25, -0.2) is 19.6 Å². The van der Waals surface area contributed by atoms with E-state index in [1.807, 2.05) is 33.0 Å². The number of anilines is 1. The minimum Gasteiger partial charge on any atom is -0.481 e. The number of hydrogen-bond acceptors (Lipinski definition) is 7. The predicted molar refractivity (Wildman–Crippen MR) is 157 cm³/mol. The van der Waals surface area contributed by atoms with Gasteiger partial charge in [0, 0.05) is 39.2 Å². The molecule has 1 aliphatic rings. The molecule has 0 radical (unpaired) electrons. The number of allylic oxidation sites excluding steroid dienone is 1. The van der Waals surface area contributed by atoms with Crippen LogP contribution in [-0.2, 0) is 24.2 Å². The minimum absolute atomic E-state index is 0.0872. The molecule has 9 nitrogen and oxygen atoms in total. The number of pyridine rings is 2. The van der Waals surface area contributed by atoms with Gasteiger partial charge in [0.2, 0.25) is 0 Å². The number of rotatable bonds is 8. The van der Waals surface area contributed by atoms with Crippen molar-refractivity contribution in [2.24, 2.45) is 17.5 Å². The molecule has 0 bridgehead atoms. The van der Waals surface area contributed by atoms with Gasteiger partial charge in [-0.05, 0) is 42.9 Å². The Hall–Kier alpha value is -3.47. The molecule has 1 saturated heterocycles. The third kappa shape index (κ3) is 10.6. The highest BCUT2D eigenvalue weighted by atomic mass is 19.3. The first-order valence-electron chi connectivity index (χ1n) is 13.7. The highest BCUT2D eigenvalue weighted by Crippen LogP contribution is 2.32. The molecular formula is C29H46F2N6O3. The Bertz CT molecular complexity index is 1190. The van der Waals surface area contributed by atoms with Gasteiger partial charge in [-0.2, -0.15) is 0 Å². The van der Waals surface area contributed by atoms with Crippen LogP contribution in [0.25, 0.3) is 5.70 Å². The number of carboxylic acid groups (broad SMARTS) is 1. The Morgan fingerprint density at radius 1 is 1.23 bits per heavy atom. The van der Waals surface area contributed by atoms with Crippen LogP contribution in [0.1, 0.15) is 71.3 Å². The summed E-state index contributed by atoms with van der Waals surface area (Å²) in [6, 6.07) is 6.94. The van der Waals surface area contributed by atoms with Crippen molar-refractivity contribution in [1.82, 2.24) is 14.6 Å².